The van der Waals surface area contributed by atoms with Crippen molar-refractivity contribution in [2.24, 2.45) is 0 Å². The number of benzene rings is 2. The summed E-state index contributed by atoms with van der Waals surface area (Å²) in [5.74, 6) is 0.412. The molecule has 0 aliphatic rings. The van der Waals surface area contributed by atoms with Crippen LogP contribution >= 0.6 is 11.6 Å². The van der Waals surface area contributed by atoms with Crippen molar-refractivity contribution in [2.45, 2.75) is 26.0 Å². The molecule has 0 fully saturated rings. The zero-order valence-electron chi connectivity index (χ0n) is 14.5. The van der Waals surface area contributed by atoms with Crippen molar-refractivity contribution >= 4 is 17.5 Å². The highest BCUT2D eigenvalue weighted by Gasteiger charge is 2.17. The summed E-state index contributed by atoms with van der Waals surface area (Å²) in [6, 6.07) is 14.5. The van der Waals surface area contributed by atoms with Crippen LogP contribution in [0.4, 0.5) is 0 Å². The summed E-state index contributed by atoms with van der Waals surface area (Å²) >= 11 is 5.85. The molecular formula is C19H19ClN4O2. The van der Waals surface area contributed by atoms with E-state index in [1.807, 2.05) is 31.2 Å². The number of hydrogen-bond acceptors (Lipinski definition) is 4. The minimum Gasteiger partial charge on any atom is -0.481 e. The quantitative estimate of drug-likeness (QED) is 0.720. The lowest BCUT2D eigenvalue weighted by atomic mass is 10.1. The second-order valence-corrected chi connectivity index (χ2v) is 6.31. The van der Waals surface area contributed by atoms with E-state index >= 15 is 0 Å². The summed E-state index contributed by atoms with van der Waals surface area (Å²) in [5.41, 5.74) is 1.89. The van der Waals surface area contributed by atoms with Crippen molar-refractivity contribution < 1.29 is 9.53 Å². The van der Waals surface area contributed by atoms with Gasteiger partial charge in [0.2, 0.25) is 0 Å². The summed E-state index contributed by atoms with van der Waals surface area (Å²) < 4.78 is 7.32. The Morgan fingerprint density at radius 3 is 2.42 bits per heavy atom. The average molecular weight is 371 g/mol. The third kappa shape index (κ3) is 4.40. The standard InChI is InChI=1S/C19H19ClN4O2/c1-13(15-3-7-17(8-4-15)24-12-21-11-22-24)23-19(25)14(2)26-18-9-5-16(20)6-10-18/h3-14H,1-2H3,(H,23,25)/t13-,14+/m1/s1. The number of amides is 1. The van der Waals surface area contributed by atoms with E-state index in [2.05, 4.69) is 15.4 Å². The van der Waals surface area contributed by atoms with Crippen molar-refractivity contribution in [1.29, 1.82) is 0 Å². The molecule has 3 rings (SSSR count). The van der Waals surface area contributed by atoms with E-state index in [4.69, 9.17) is 16.3 Å². The first-order chi connectivity index (χ1) is 12.5. The van der Waals surface area contributed by atoms with E-state index < -0.39 is 6.10 Å². The van der Waals surface area contributed by atoms with Crippen molar-refractivity contribution in [3.63, 3.8) is 0 Å². The molecule has 0 radical (unpaired) electrons. The Kier molecular flexibility index (Phi) is 5.53. The van der Waals surface area contributed by atoms with E-state index in [0.717, 1.165) is 11.3 Å². The number of carbonyl (C=O) groups is 1. The molecule has 2 atom stereocenters. The number of rotatable bonds is 6. The fourth-order valence-corrected chi connectivity index (χ4v) is 2.57. The highest BCUT2D eigenvalue weighted by atomic mass is 35.5. The van der Waals surface area contributed by atoms with E-state index in [9.17, 15) is 4.79 Å². The third-order valence-electron chi connectivity index (χ3n) is 3.93. The maximum Gasteiger partial charge on any atom is 0.261 e. The number of carbonyl (C=O) groups excluding carboxylic acids is 1. The third-order valence-corrected chi connectivity index (χ3v) is 4.18. The van der Waals surface area contributed by atoms with Gasteiger partial charge in [-0.25, -0.2) is 9.67 Å². The summed E-state index contributed by atoms with van der Waals surface area (Å²) in [6.07, 6.45) is 2.50. The lowest BCUT2D eigenvalue weighted by Gasteiger charge is -2.19. The van der Waals surface area contributed by atoms with Crippen LogP contribution in [-0.4, -0.2) is 26.8 Å². The van der Waals surface area contributed by atoms with Gasteiger partial charge in [-0.2, -0.15) is 5.10 Å². The molecule has 26 heavy (non-hydrogen) atoms. The van der Waals surface area contributed by atoms with Gasteiger partial charge in [0.1, 0.15) is 18.4 Å². The van der Waals surface area contributed by atoms with Crippen LogP contribution in [0.1, 0.15) is 25.5 Å². The summed E-state index contributed by atoms with van der Waals surface area (Å²) in [4.78, 5) is 16.3. The van der Waals surface area contributed by atoms with Gasteiger partial charge < -0.3 is 10.1 Å². The zero-order valence-corrected chi connectivity index (χ0v) is 15.2. The van der Waals surface area contributed by atoms with E-state index in [-0.39, 0.29) is 11.9 Å². The Morgan fingerprint density at radius 1 is 1.12 bits per heavy atom. The van der Waals surface area contributed by atoms with Crippen LogP contribution in [0.25, 0.3) is 5.69 Å². The smallest absolute Gasteiger partial charge is 0.261 e. The highest BCUT2D eigenvalue weighted by molar-refractivity contribution is 6.30. The minimum atomic E-state index is -0.618. The van der Waals surface area contributed by atoms with Gasteiger partial charge in [-0.15, -0.1) is 0 Å². The lowest BCUT2D eigenvalue weighted by molar-refractivity contribution is -0.127. The molecule has 0 aliphatic carbocycles. The molecule has 3 aromatic rings. The van der Waals surface area contributed by atoms with Crippen LogP contribution in [0.3, 0.4) is 0 Å². The van der Waals surface area contributed by atoms with Crippen molar-refractivity contribution in [2.75, 3.05) is 0 Å². The predicted molar refractivity (Wildman–Crippen MR) is 99.5 cm³/mol. The van der Waals surface area contributed by atoms with Crippen molar-refractivity contribution in [3.8, 4) is 11.4 Å². The molecule has 1 amide bonds. The Morgan fingerprint density at radius 2 is 1.81 bits per heavy atom. The van der Waals surface area contributed by atoms with Gasteiger partial charge in [0.15, 0.2) is 6.10 Å². The molecule has 0 unspecified atom stereocenters. The molecule has 7 heteroatoms. The van der Waals surface area contributed by atoms with Crippen molar-refractivity contribution in [3.05, 3.63) is 71.8 Å². The summed E-state index contributed by atoms with van der Waals surface area (Å²) in [6.45, 7) is 3.64. The highest BCUT2D eigenvalue weighted by Crippen LogP contribution is 2.18. The van der Waals surface area contributed by atoms with Crippen molar-refractivity contribution in [1.82, 2.24) is 20.1 Å². The van der Waals surface area contributed by atoms with Crippen LogP contribution in [0.2, 0.25) is 5.02 Å². The average Bonchev–Trinajstić information content (AvgIpc) is 3.18. The molecule has 1 aromatic heterocycles. The number of aromatic nitrogens is 3. The molecule has 6 nitrogen and oxygen atoms in total. The Labute approximate surface area is 156 Å². The van der Waals surface area contributed by atoms with E-state index in [0.29, 0.717) is 10.8 Å². The molecule has 0 aliphatic heterocycles. The Bertz CT molecular complexity index is 848. The first-order valence-electron chi connectivity index (χ1n) is 8.20. The van der Waals surface area contributed by atoms with E-state index in [1.54, 1.807) is 42.2 Å². The number of nitrogens with one attached hydrogen (secondary N) is 1. The molecule has 0 spiro atoms. The number of ether oxygens (including phenoxy) is 1. The largest absolute Gasteiger partial charge is 0.481 e. The molecular weight excluding hydrogens is 352 g/mol. The first-order valence-corrected chi connectivity index (χ1v) is 8.58. The zero-order chi connectivity index (χ0) is 18.5. The second-order valence-electron chi connectivity index (χ2n) is 5.88. The van der Waals surface area contributed by atoms with Crippen LogP contribution in [0, 0.1) is 0 Å². The molecule has 134 valence electrons. The SMILES string of the molecule is C[C@H](Oc1ccc(Cl)cc1)C(=O)N[C@H](C)c1ccc(-n2cncn2)cc1. The molecule has 1 heterocycles. The van der Waals surface area contributed by atoms with Gasteiger partial charge in [-0.1, -0.05) is 23.7 Å². The topological polar surface area (TPSA) is 69.0 Å². The summed E-state index contributed by atoms with van der Waals surface area (Å²) in [7, 11) is 0. The van der Waals surface area contributed by atoms with E-state index in [1.165, 1.54) is 6.33 Å². The van der Waals surface area contributed by atoms with Crippen LogP contribution < -0.4 is 10.1 Å². The fourth-order valence-electron chi connectivity index (χ4n) is 2.44. The Balaban J connectivity index is 1.58. The van der Waals surface area contributed by atoms with Crippen LogP contribution in [0.15, 0.2) is 61.2 Å². The van der Waals surface area contributed by atoms with Crippen LogP contribution in [-0.2, 0) is 4.79 Å². The fraction of sp³-hybridized carbons (Fsp3) is 0.211. The predicted octanol–water partition coefficient (Wildman–Crippen LogP) is 3.57. The number of hydrogen-bond donors (Lipinski definition) is 1. The maximum atomic E-state index is 12.4. The molecule has 0 saturated heterocycles. The maximum absolute atomic E-state index is 12.4. The summed E-state index contributed by atoms with van der Waals surface area (Å²) in [5, 5.41) is 7.67. The molecule has 2 aromatic carbocycles. The van der Waals surface area contributed by atoms with Gasteiger partial charge in [0.05, 0.1) is 11.7 Å². The van der Waals surface area contributed by atoms with Gasteiger partial charge in [-0.05, 0) is 55.8 Å². The lowest BCUT2D eigenvalue weighted by Crippen LogP contribution is -2.37. The molecule has 0 bridgehead atoms. The van der Waals surface area contributed by atoms with Crippen LogP contribution in [0.5, 0.6) is 5.75 Å². The second kappa shape index (κ2) is 8.01. The number of halogens is 1. The normalized spacial score (nSPS) is 13.0. The molecule has 1 N–H and O–H groups in total. The number of nitrogens with zero attached hydrogens (tertiary/aromatic N) is 3. The van der Waals surface area contributed by atoms with Gasteiger partial charge >= 0.3 is 0 Å². The minimum absolute atomic E-state index is 0.149. The van der Waals surface area contributed by atoms with Gasteiger partial charge in [0, 0.05) is 5.02 Å². The van der Waals surface area contributed by atoms with Gasteiger partial charge in [-0.3, -0.25) is 4.79 Å². The first kappa shape index (κ1) is 17.9. The monoisotopic (exact) mass is 370 g/mol. The molecule has 0 saturated carbocycles. The van der Waals surface area contributed by atoms with Gasteiger partial charge in [0.25, 0.3) is 5.91 Å². The Hall–Kier alpha value is -2.86.